The largest absolute Gasteiger partial charge is 0.480 e. The van der Waals surface area contributed by atoms with Crippen molar-refractivity contribution in [2.45, 2.75) is 18.7 Å². The van der Waals surface area contributed by atoms with Crippen LogP contribution in [0, 0.1) is 0 Å². The standard InChI is InChI=1S/C16H21N3O4S/c1-4-22-15(20)13(16(21)23-5-2)14(17)19-18-10-11-6-8-12(24-3)9-7-11/h6-10,20H,4-5H2,1-3H3,(H2,17,19). The van der Waals surface area contributed by atoms with Gasteiger partial charge in [-0.05, 0) is 37.8 Å². The average Bonchev–Trinajstić information content (AvgIpc) is 2.56. The molecule has 0 bridgehead atoms. The monoisotopic (exact) mass is 351 g/mol. The van der Waals surface area contributed by atoms with Gasteiger partial charge in [-0.15, -0.1) is 16.9 Å². The highest BCUT2D eigenvalue weighted by molar-refractivity contribution is 7.98. The number of aliphatic hydroxyl groups is 1. The summed E-state index contributed by atoms with van der Waals surface area (Å²) >= 11 is 1.63. The maximum absolute atomic E-state index is 11.9. The van der Waals surface area contributed by atoms with Crippen molar-refractivity contribution >= 4 is 29.8 Å². The van der Waals surface area contributed by atoms with Gasteiger partial charge >= 0.3 is 5.97 Å². The number of benzene rings is 1. The third kappa shape index (κ3) is 5.96. The molecule has 1 rings (SSSR count). The quantitative estimate of drug-likeness (QED) is 0.142. The van der Waals surface area contributed by atoms with Crippen LogP contribution in [0.3, 0.4) is 0 Å². The Morgan fingerprint density at radius 1 is 1.25 bits per heavy atom. The Morgan fingerprint density at radius 3 is 2.42 bits per heavy atom. The normalized spacial score (nSPS) is 12.9. The summed E-state index contributed by atoms with van der Waals surface area (Å²) in [5, 5.41) is 17.3. The minimum absolute atomic E-state index is 0.125. The molecular formula is C16H21N3O4S. The van der Waals surface area contributed by atoms with Crippen LogP contribution in [0.4, 0.5) is 0 Å². The van der Waals surface area contributed by atoms with Gasteiger partial charge < -0.3 is 20.3 Å². The molecule has 0 aliphatic carbocycles. The molecular weight excluding hydrogens is 330 g/mol. The number of hydrogen-bond acceptors (Lipinski definition) is 7. The molecule has 1 aromatic carbocycles. The SMILES string of the molecule is CCOC(=O)C(C(N)=NN=Cc1ccc(SC)cc1)=C(O)OCC. The van der Waals surface area contributed by atoms with Gasteiger partial charge in [0.15, 0.2) is 11.4 Å². The Balaban J connectivity index is 2.97. The number of carbonyl (C=O) groups is 1. The summed E-state index contributed by atoms with van der Waals surface area (Å²) in [7, 11) is 0. The Labute approximate surface area is 145 Å². The molecule has 0 amide bonds. The molecule has 0 atom stereocenters. The Hall–Kier alpha value is -2.48. The van der Waals surface area contributed by atoms with Gasteiger partial charge in [-0.3, -0.25) is 0 Å². The highest BCUT2D eigenvalue weighted by atomic mass is 32.2. The van der Waals surface area contributed by atoms with Crippen LogP contribution in [0.5, 0.6) is 0 Å². The first-order chi connectivity index (χ1) is 11.5. The molecule has 0 heterocycles. The number of rotatable bonds is 8. The Morgan fingerprint density at radius 2 is 1.88 bits per heavy atom. The van der Waals surface area contributed by atoms with Gasteiger partial charge in [-0.25, -0.2) is 4.79 Å². The topological polar surface area (TPSA) is 107 Å². The van der Waals surface area contributed by atoms with E-state index < -0.39 is 11.9 Å². The van der Waals surface area contributed by atoms with Crippen molar-refractivity contribution in [3.8, 4) is 0 Å². The first-order valence-corrected chi connectivity index (χ1v) is 8.50. The van der Waals surface area contributed by atoms with Crippen LogP contribution >= 0.6 is 11.8 Å². The van der Waals surface area contributed by atoms with E-state index in [1.807, 2.05) is 30.5 Å². The van der Waals surface area contributed by atoms with Gasteiger partial charge in [0.1, 0.15) is 0 Å². The van der Waals surface area contributed by atoms with Crippen molar-refractivity contribution in [1.29, 1.82) is 0 Å². The number of nitrogens with two attached hydrogens (primary N) is 1. The summed E-state index contributed by atoms with van der Waals surface area (Å²) in [5.74, 6) is -1.77. The maximum atomic E-state index is 11.9. The summed E-state index contributed by atoms with van der Waals surface area (Å²) < 4.78 is 9.73. The summed E-state index contributed by atoms with van der Waals surface area (Å²) in [6.45, 7) is 3.58. The van der Waals surface area contributed by atoms with Crippen molar-refractivity contribution in [2.75, 3.05) is 19.5 Å². The molecule has 0 aromatic heterocycles. The molecule has 0 saturated heterocycles. The third-order valence-electron chi connectivity index (χ3n) is 2.72. The molecule has 8 heteroatoms. The van der Waals surface area contributed by atoms with Crippen molar-refractivity contribution in [3.63, 3.8) is 0 Å². The Bertz CT molecular complexity index is 639. The molecule has 24 heavy (non-hydrogen) atoms. The van der Waals surface area contributed by atoms with E-state index in [1.165, 1.54) is 6.21 Å². The maximum Gasteiger partial charge on any atom is 0.349 e. The molecule has 0 radical (unpaired) electrons. The van der Waals surface area contributed by atoms with E-state index in [1.54, 1.807) is 25.6 Å². The second-order valence-corrected chi connectivity index (χ2v) is 5.22. The van der Waals surface area contributed by atoms with E-state index in [-0.39, 0.29) is 24.6 Å². The van der Waals surface area contributed by atoms with Crippen LogP contribution in [0.15, 0.2) is 50.9 Å². The molecule has 0 unspecified atom stereocenters. The van der Waals surface area contributed by atoms with Gasteiger partial charge in [0.25, 0.3) is 5.95 Å². The molecule has 130 valence electrons. The summed E-state index contributed by atoms with van der Waals surface area (Å²) in [6.07, 6.45) is 3.47. The zero-order chi connectivity index (χ0) is 17.9. The molecule has 0 spiro atoms. The van der Waals surface area contributed by atoms with Gasteiger partial charge in [-0.2, -0.15) is 5.10 Å². The highest BCUT2D eigenvalue weighted by Gasteiger charge is 2.22. The summed E-state index contributed by atoms with van der Waals surface area (Å²) in [6, 6.07) is 7.65. The zero-order valence-corrected chi connectivity index (χ0v) is 14.7. The second kappa shape index (κ2) is 10.3. The van der Waals surface area contributed by atoms with E-state index in [0.29, 0.717) is 0 Å². The van der Waals surface area contributed by atoms with Gasteiger partial charge in [0, 0.05) is 4.90 Å². The number of carbonyl (C=O) groups excluding carboxylic acids is 1. The van der Waals surface area contributed by atoms with E-state index in [2.05, 4.69) is 10.2 Å². The molecule has 0 aliphatic heterocycles. The van der Waals surface area contributed by atoms with Gasteiger partial charge in [0.2, 0.25) is 0 Å². The lowest BCUT2D eigenvalue weighted by atomic mass is 10.2. The molecule has 0 aliphatic rings. The number of hydrogen-bond donors (Lipinski definition) is 2. The molecule has 0 fully saturated rings. The smallest absolute Gasteiger partial charge is 0.349 e. The van der Waals surface area contributed by atoms with Crippen LogP contribution < -0.4 is 5.73 Å². The van der Waals surface area contributed by atoms with E-state index in [4.69, 9.17) is 15.2 Å². The van der Waals surface area contributed by atoms with Crippen LogP contribution in [-0.2, 0) is 14.3 Å². The molecule has 1 aromatic rings. The summed E-state index contributed by atoms with van der Waals surface area (Å²) in [4.78, 5) is 13.0. The lowest BCUT2D eigenvalue weighted by Gasteiger charge is -2.08. The van der Waals surface area contributed by atoms with Crippen molar-refractivity contribution in [1.82, 2.24) is 0 Å². The van der Waals surface area contributed by atoms with Crippen LogP contribution in [0.1, 0.15) is 19.4 Å². The second-order valence-electron chi connectivity index (χ2n) is 4.34. The fourth-order valence-electron chi connectivity index (χ4n) is 1.61. The fourth-order valence-corrected chi connectivity index (χ4v) is 2.02. The van der Waals surface area contributed by atoms with Gasteiger partial charge in [0.05, 0.1) is 19.4 Å². The van der Waals surface area contributed by atoms with Crippen molar-refractivity contribution < 1.29 is 19.4 Å². The van der Waals surface area contributed by atoms with Crippen LogP contribution in [-0.4, -0.2) is 42.6 Å². The number of esters is 1. The first kappa shape index (κ1) is 19.6. The van der Waals surface area contributed by atoms with Gasteiger partial charge in [-0.1, -0.05) is 12.1 Å². The van der Waals surface area contributed by atoms with Crippen LogP contribution in [0.25, 0.3) is 0 Å². The number of thioether (sulfide) groups is 1. The molecule has 0 saturated carbocycles. The highest BCUT2D eigenvalue weighted by Crippen LogP contribution is 2.14. The number of nitrogens with zero attached hydrogens (tertiary/aromatic N) is 2. The predicted octanol–water partition coefficient (Wildman–Crippen LogP) is 2.47. The Kier molecular flexibility index (Phi) is 8.42. The zero-order valence-electron chi connectivity index (χ0n) is 13.9. The fraction of sp³-hybridized carbons (Fsp3) is 0.312. The van der Waals surface area contributed by atoms with E-state index >= 15 is 0 Å². The number of aliphatic hydroxyl groups excluding tert-OH is 1. The van der Waals surface area contributed by atoms with Crippen molar-refractivity contribution in [2.24, 2.45) is 15.9 Å². The van der Waals surface area contributed by atoms with E-state index in [9.17, 15) is 9.90 Å². The third-order valence-corrected chi connectivity index (χ3v) is 3.46. The summed E-state index contributed by atoms with van der Waals surface area (Å²) in [5.41, 5.74) is 6.19. The lowest BCUT2D eigenvalue weighted by Crippen LogP contribution is -2.25. The molecule has 7 nitrogen and oxygen atoms in total. The molecule has 3 N–H and O–H groups in total. The predicted molar refractivity (Wildman–Crippen MR) is 95.4 cm³/mol. The average molecular weight is 351 g/mol. The van der Waals surface area contributed by atoms with Crippen molar-refractivity contribution in [3.05, 3.63) is 41.3 Å². The minimum Gasteiger partial charge on any atom is -0.480 e. The minimum atomic E-state index is -0.829. The first-order valence-electron chi connectivity index (χ1n) is 7.27. The number of ether oxygens (including phenoxy) is 2. The number of amidine groups is 1. The van der Waals surface area contributed by atoms with Crippen LogP contribution in [0.2, 0.25) is 0 Å². The van der Waals surface area contributed by atoms with E-state index in [0.717, 1.165) is 10.5 Å². The lowest BCUT2D eigenvalue weighted by molar-refractivity contribution is -0.138.